The molecule has 0 aliphatic heterocycles. The van der Waals surface area contributed by atoms with Crippen LogP contribution in [0.4, 0.5) is 5.82 Å². The maximum atomic E-state index is 12.0. The number of anilines is 1. The molecule has 1 aromatic carbocycles. The van der Waals surface area contributed by atoms with Crippen LogP contribution in [0.2, 0.25) is 0 Å². The van der Waals surface area contributed by atoms with E-state index in [1.807, 2.05) is 36.5 Å². The van der Waals surface area contributed by atoms with Gasteiger partial charge in [-0.15, -0.1) is 0 Å². The average molecular weight is 317 g/mol. The highest BCUT2D eigenvalue weighted by Crippen LogP contribution is 2.31. The molecule has 0 saturated heterocycles. The van der Waals surface area contributed by atoms with Crippen LogP contribution in [0, 0.1) is 22.7 Å². The van der Waals surface area contributed by atoms with Gasteiger partial charge in [0.1, 0.15) is 29.1 Å². The molecule has 0 bridgehead atoms. The first-order valence-corrected chi connectivity index (χ1v) is 7.44. The molecule has 2 aromatic heterocycles. The summed E-state index contributed by atoms with van der Waals surface area (Å²) in [5.41, 5.74) is 7.04. The monoisotopic (exact) mass is 317 g/mol. The lowest BCUT2D eigenvalue weighted by Crippen LogP contribution is -2.16. The second-order valence-corrected chi connectivity index (χ2v) is 5.81. The van der Waals surface area contributed by atoms with E-state index in [9.17, 15) is 15.3 Å². The minimum atomic E-state index is -0.594. The molecular formula is C18H15N5O. The van der Waals surface area contributed by atoms with Crippen molar-refractivity contribution in [1.29, 1.82) is 10.5 Å². The summed E-state index contributed by atoms with van der Waals surface area (Å²) in [7, 11) is 0. The second kappa shape index (κ2) is 5.60. The fraction of sp³-hybridized carbons (Fsp3) is 0.167. The highest BCUT2D eigenvalue weighted by molar-refractivity contribution is 5.89. The van der Waals surface area contributed by atoms with Crippen molar-refractivity contribution in [3.8, 4) is 23.3 Å². The van der Waals surface area contributed by atoms with Gasteiger partial charge in [-0.2, -0.15) is 10.5 Å². The lowest BCUT2D eigenvalue weighted by atomic mass is 9.96. The van der Waals surface area contributed by atoms with E-state index in [1.165, 1.54) is 0 Å². The van der Waals surface area contributed by atoms with Crippen molar-refractivity contribution in [1.82, 2.24) is 9.55 Å². The lowest BCUT2D eigenvalue weighted by Gasteiger charge is -2.12. The predicted octanol–water partition coefficient (Wildman–Crippen LogP) is 2.90. The quantitative estimate of drug-likeness (QED) is 0.756. The van der Waals surface area contributed by atoms with Crippen LogP contribution in [0.3, 0.4) is 0 Å². The van der Waals surface area contributed by atoms with Crippen LogP contribution in [-0.2, 0) is 0 Å². The smallest absolute Gasteiger partial charge is 0.268 e. The van der Waals surface area contributed by atoms with Gasteiger partial charge in [-0.3, -0.25) is 4.79 Å². The number of rotatable bonds is 2. The number of nitrogen functional groups attached to an aromatic ring is 1. The molecular weight excluding hydrogens is 302 g/mol. The normalized spacial score (nSPS) is 10.7. The molecule has 0 radical (unpaired) electrons. The van der Waals surface area contributed by atoms with Gasteiger partial charge >= 0.3 is 0 Å². The SMILES string of the molecule is CC(C)n1ccc2ccc(-c3c(C#N)c(N)[nH]c(=O)c3C#N)cc21. The van der Waals surface area contributed by atoms with Crippen molar-refractivity contribution >= 4 is 16.7 Å². The molecule has 0 atom stereocenters. The maximum absolute atomic E-state index is 12.0. The Morgan fingerprint density at radius 3 is 2.50 bits per heavy atom. The summed E-state index contributed by atoms with van der Waals surface area (Å²) in [5.74, 6) is -0.0316. The fourth-order valence-electron chi connectivity index (χ4n) is 2.89. The van der Waals surface area contributed by atoms with Crippen molar-refractivity contribution < 1.29 is 0 Å². The van der Waals surface area contributed by atoms with Gasteiger partial charge in [-0.1, -0.05) is 12.1 Å². The number of aromatic amines is 1. The molecule has 3 N–H and O–H groups in total. The zero-order valence-corrected chi connectivity index (χ0v) is 13.3. The number of nitrogens with one attached hydrogen (secondary N) is 1. The maximum Gasteiger partial charge on any atom is 0.268 e. The minimum absolute atomic E-state index is 0.0316. The molecule has 0 spiro atoms. The summed E-state index contributed by atoms with van der Waals surface area (Å²) in [6, 6.07) is 11.7. The van der Waals surface area contributed by atoms with Gasteiger partial charge in [-0.25, -0.2) is 0 Å². The molecule has 0 aliphatic rings. The second-order valence-electron chi connectivity index (χ2n) is 5.81. The Balaban J connectivity index is 2.40. The summed E-state index contributed by atoms with van der Waals surface area (Å²) in [5, 5.41) is 19.8. The molecule has 3 aromatic rings. The number of H-pyrrole nitrogens is 1. The van der Waals surface area contributed by atoms with E-state index in [0.717, 1.165) is 10.9 Å². The van der Waals surface area contributed by atoms with Crippen LogP contribution >= 0.6 is 0 Å². The molecule has 6 heteroatoms. The van der Waals surface area contributed by atoms with E-state index in [2.05, 4.69) is 23.4 Å². The number of hydrogen-bond acceptors (Lipinski definition) is 4. The number of hydrogen-bond donors (Lipinski definition) is 2. The van der Waals surface area contributed by atoms with E-state index in [4.69, 9.17) is 5.73 Å². The number of fused-ring (bicyclic) bond motifs is 1. The number of pyridine rings is 1. The van der Waals surface area contributed by atoms with Crippen LogP contribution in [0.15, 0.2) is 35.3 Å². The first-order valence-electron chi connectivity index (χ1n) is 7.44. The lowest BCUT2D eigenvalue weighted by molar-refractivity contribution is 0.623. The number of nitrogens with two attached hydrogens (primary N) is 1. The van der Waals surface area contributed by atoms with Crippen molar-refractivity contribution in [2.24, 2.45) is 0 Å². The molecule has 3 rings (SSSR count). The largest absolute Gasteiger partial charge is 0.384 e. The van der Waals surface area contributed by atoms with Gasteiger partial charge in [0.25, 0.3) is 5.56 Å². The van der Waals surface area contributed by atoms with Gasteiger partial charge in [0, 0.05) is 23.3 Å². The first-order chi connectivity index (χ1) is 11.5. The summed E-state index contributed by atoms with van der Waals surface area (Å²) in [6.07, 6.45) is 1.99. The Labute approximate surface area is 138 Å². The third-order valence-corrected chi connectivity index (χ3v) is 4.04. The van der Waals surface area contributed by atoms with Crippen LogP contribution in [-0.4, -0.2) is 9.55 Å². The van der Waals surface area contributed by atoms with Crippen LogP contribution < -0.4 is 11.3 Å². The van der Waals surface area contributed by atoms with Crippen LogP contribution in [0.5, 0.6) is 0 Å². The Morgan fingerprint density at radius 1 is 1.17 bits per heavy atom. The van der Waals surface area contributed by atoms with Crippen molar-refractivity contribution in [2.45, 2.75) is 19.9 Å². The third-order valence-electron chi connectivity index (χ3n) is 4.04. The molecule has 0 fully saturated rings. The zero-order chi connectivity index (χ0) is 17.4. The molecule has 0 aliphatic carbocycles. The van der Waals surface area contributed by atoms with Crippen molar-refractivity contribution in [3.05, 3.63) is 51.9 Å². The standard InChI is InChI=1S/C18H15N5O/c1-10(2)23-6-5-11-3-4-12(7-15(11)23)16-13(8-19)17(21)22-18(24)14(16)9-20/h3-7,10H,1-2H3,(H3,21,22,24). The molecule has 118 valence electrons. The molecule has 0 amide bonds. The van der Waals surface area contributed by atoms with E-state index in [-0.39, 0.29) is 28.6 Å². The molecule has 6 nitrogen and oxygen atoms in total. The highest BCUT2D eigenvalue weighted by Gasteiger charge is 2.18. The molecule has 2 heterocycles. The van der Waals surface area contributed by atoms with Crippen molar-refractivity contribution in [2.75, 3.05) is 5.73 Å². The van der Waals surface area contributed by atoms with Crippen LogP contribution in [0.25, 0.3) is 22.0 Å². The van der Waals surface area contributed by atoms with E-state index >= 15 is 0 Å². The van der Waals surface area contributed by atoms with Crippen LogP contribution in [0.1, 0.15) is 31.0 Å². The highest BCUT2D eigenvalue weighted by atomic mass is 16.1. The first kappa shape index (κ1) is 15.4. The van der Waals surface area contributed by atoms with Crippen molar-refractivity contribution in [3.63, 3.8) is 0 Å². The number of benzene rings is 1. The summed E-state index contributed by atoms with van der Waals surface area (Å²) in [6.45, 7) is 4.14. The number of nitrogens with zero attached hydrogens (tertiary/aromatic N) is 3. The Kier molecular flexibility index (Phi) is 3.59. The average Bonchev–Trinajstić information content (AvgIpc) is 2.97. The van der Waals surface area contributed by atoms with E-state index < -0.39 is 5.56 Å². The van der Waals surface area contributed by atoms with E-state index in [0.29, 0.717) is 5.56 Å². The summed E-state index contributed by atoms with van der Waals surface area (Å²) >= 11 is 0. The minimum Gasteiger partial charge on any atom is -0.384 e. The Bertz CT molecular complexity index is 1090. The molecule has 0 unspecified atom stereocenters. The zero-order valence-electron chi connectivity index (χ0n) is 13.3. The van der Waals surface area contributed by atoms with Gasteiger partial charge in [0.2, 0.25) is 0 Å². The van der Waals surface area contributed by atoms with Gasteiger partial charge in [0.15, 0.2) is 0 Å². The number of aromatic nitrogens is 2. The third kappa shape index (κ3) is 2.22. The molecule has 0 saturated carbocycles. The van der Waals surface area contributed by atoms with Gasteiger partial charge in [0.05, 0.1) is 0 Å². The van der Waals surface area contributed by atoms with E-state index in [1.54, 1.807) is 6.07 Å². The topological polar surface area (TPSA) is 111 Å². The Morgan fingerprint density at radius 2 is 1.88 bits per heavy atom. The van der Waals surface area contributed by atoms with Gasteiger partial charge in [-0.05, 0) is 36.9 Å². The molecule has 24 heavy (non-hydrogen) atoms. The fourth-order valence-corrected chi connectivity index (χ4v) is 2.89. The Hall–Kier alpha value is -3.51. The number of nitriles is 2. The predicted molar refractivity (Wildman–Crippen MR) is 92.2 cm³/mol. The van der Waals surface area contributed by atoms with Gasteiger partial charge < -0.3 is 15.3 Å². The summed E-state index contributed by atoms with van der Waals surface area (Å²) < 4.78 is 2.09. The summed E-state index contributed by atoms with van der Waals surface area (Å²) in [4.78, 5) is 14.4.